The maximum Gasteiger partial charge on any atom is 0.417 e. The monoisotopic (exact) mass is 384 g/mol. The molecule has 5 nitrogen and oxygen atoms in total. The van der Waals surface area contributed by atoms with E-state index in [1.165, 1.54) is 6.07 Å². The van der Waals surface area contributed by atoms with Gasteiger partial charge in [0.1, 0.15) is 5.75 Å². The van der Waals surface area contributed by atoms with Crippen molar-refractivity contribution in [2.24, 2.45) is 0 Å². The Morgan fingerprint density at radius 1 is 1.23 bits per heavy atom. The number of nitrogens with one attached hydrogen (secondary N) is 2. The van der Waals surface area contributed by atoms with Gasteiger partial charge in [0.05, 0.1) is 22.7 Å². The molecule has 0 saturated carbocycles. The molecule has 2 aromatic rings. The molecule has 1 atom stereocenters. The van der Waals surface area contributed by atoms with E-state index >= 15 is 0 Å². The van der Waals surface area contributed by atoms with Crippen LogP contribution in [0.15, 0.2) is 42.5 Å². The topological polar surface area (TPSA) is 67.4 Å². The first-order chi connectivity index (χ1) is 12.2. The average molecular weight is 385 g/mol. The summed E-state index contributed by atoms with van der Waals surface area (Å²) in [7, 11) is 0. The number of alkyl halides is 3. The van der Waals surface area contributed by atoms with Gasteiger partial charge in [-0.15, -0.1) is 0 Å². The van der Waals surface area contributed by atoms with Crippen LogP contribution in [-0.4, -0.2) is 17.9 Å². The standard InChI is InChI=1S/C17H12ClF3N2O3/c18-11-6-5-9(7-10(11)17(19,20)21)22-15(24)8-14-16(25)23-12-3-1-2-4-13(12)26-14/h1-7,14H,8H2,(H,22,24)(H,23,25)/t14-/m1/s1. The summed E-state index contributed by atoms with van der Waals surface area (Å²) in [5.41, 5.74) is -0.650. The van der Waals surface area contributed by atoms with Crippen molar-refractivity contribution in [3.8, 4) is 5.75 Å². The molecule has 1 aliphatic heterocycles. The molecule has 9 heteroatoms. The highest BCUT2D eigenvalue weighted by Gasteiger charge is 2.34. The van der Waals surface area contributed by atoms with E-state index in [1.54, 1.807) is 24.3 Å². The lowest BCUT2D eigenvalue weighted by Crippen LogP contribution is -2.39. The molecule has 0 aliphatic carbocycles. The van der Waals surface area contributed by atoms with Gasteiger partial charge in [-0.05, 0) is 30.3 Å². The normalized spacial score (nSPS) is 16.3. The average Bonchev–Trinajstić information content (AvgIpc) is 2.56. The minimum atomic E-state index is -4.64. The first kappa shape index (κ1) is 18.1. The number of carbonyl (C=O) groups excluding carboxylic acids is 2. The molecule has 136 valence electrons. The van der Waals surface area contributed by atoms with Crippen LogP contribution in [0.1, 0.15) is 12.0 Å². The Morgan fingerprint density at radius 3 is 2.69 bits per heavy atom. The minimum absolute atomic E-state index is 0.0802. The molecule has 0 unspecified atom stereocenters. The first-order valence-electron chi connectivity index (χ1n) is 7.47. The summed E-state index contributed by atoms with van der Waals surface area (Å²) in [6, 6.07) is 9.72. The number of halogens is 4. The van der Waals surface area contributed by atoms with E-state index in [0.29, 0.717) is 11.4 Å². The molecule has 0 saturated heterocycles. The molecule has 1 heterocycles. The molecular formula is C17H12ClF3N2O3. The SMILES string of the molecule is O=C(C[C@H]1Oc2ccccc2NC1=O)Nc1ccc(Cl)c(C(F)(F)F)c1. The third kappa shape index (κ3) is 3.91. The van der Waals surface area contributed by atoms with E-state index in [9.17, 15) is 22.8 Å². The predicted octanol–water partition coefficient (Wildman–Crippen LogP) is 4.09. The second-order valence-electron chi connectivity index (χ2n) is 5.54. The van der Waals surface area contributed by atoms with Gasteiger partial charge < -0.3 is 15.4 Å². The number of para-hydroxylation sites is 2. The smallest absolute Gasteiger partial charge is 0.417 e. The Labute approximate surface area is 151 Å². The number of rotatable bonds is 3. The molecule has 0 bridgehead atoms. The molecule has 0 radical (unpaired) electrons. The first-order valence-corrected chi connectivity index (χ1v) is 7.85. The zero-order valence-electron chi connectivity index (χ0n) is 13.1. The maximum absolute atomic E-state index is 12.9. The molecular weight excluding hydrogens is 373 g/mol. The van der Waals surface area contributed by atoms with Crippen LogP contribution in [0, 0.1) is 0 Å². The summed E-state index contributed by atoms with van der Waals surface area (Å²) in [5, 5.41) is 4.45. The Kier molecular flexibility index (Phi) is 4.78. The highest BCUT2D eigenvalue weighted by molar-refractivity contribution is 6.31. The fraction of sp³-hybridized carbons (Fsp3) is 0.176. The van der Waals surface area contributed by atoms with Crippen LogP contribution >= 0.6 is 11.6 Å². The van der Waals surface area contributed by atoms with Gasteiger partial charge in [-0.1, -0.05) is 23.7 Å². The highest BCUT2D eigenvalue weighted by Crippen LogP contribution is 2.36. The molecule has 26 heavy (non-hydrogen) atoms. The number of anilines is 2. The van der Waals surface area contributed by atoms with Crippen LogP contribution in [0.25, 0.3) is 0 Å². The summed E-state index contributed by atoms with van der Waals surface area (Å²) in [6.07, 6.45) is -6.09. The lowest BCUT2D eigenvalue weighted by Gasteiger charge is -2.25. The van der Waals surface area contributed by atoms with Crippen LogP contribution in [0.2, 0.25) is 5.02 Å². The number of carbonyl (C=O) groups is 2. The Hall–Kier alpha value is -2.74. The van der Waals surface area contributed by atoms with Gasteiger partial charge in [0.15, 0.2) is 6.10 Å². The quantitative estimate of drug-likeness (QED) is 0.837. The van der Waals surface area contributed by atoms with Crippen molar-refractivity contribution in [2.75, 3.05) is 10.6 Å². The van der Waals surface area contributed by atoms with Crippen molar-refractivity contribution in [3.63, 3.8) is 0 Å². The van der Waals surface area contributed by atoms with E-state index in [-0.39, 0.29) is 12.1 Å². The fourth-order valence-corrected chi connectivity index (χ4v) is 2.65. The summed E-state index contributed by atoms with van der Waals surface area (Å²) in [6.45, 7) is 0. The maximum atomic E-state index is 12.9. The summed E-state index contributed by atoms with van der Waals surface area (Å²) < 4.78 is 44.1. The van der Waals surface area contributed by atoms with Crippen LogP contribution in [0.3, 0.4) is 0 Å². The Balaban J connectivity index is 1.69. The minimum Gasteiger partial charge on any atom is -0.478 e. The largest absolute Gasteiger partial charge is 0.478 e. The summed E-state index contributed by atoms with van der Waals surface area (Å²) >= 11 is 5.53. The van der Waals surface area contributed by atoms with Crippen molar-refractivity contribution in [2.45, 2.75) is 18.7 Å². The van der Waals surface area contributed by atoms with Gasteiger partial charge in [0.25, 0.3) is 5.91 Å². The Morgan fingerprint density at radius 2 is 1.96 bits per heavy atom. The fourth-order valence-electron chi connectivity index (χ4n) is 2.43. The number of benzene rings is 2. The number of fused-ring (bicyclic) bond motifs is 1. The van der Waals surface area contributed by atoms with Gasteiger partial charge in [-0.3, -0.25) is 9.59 Å². The summed E-state index contributed by atoms with van der Waals surface area (Å²) in [4.78, 5) is 24.1. The van der Waals surface area contributed by atoms with Crippen LogP contribution in [0.5, 0.6) is 5.75 Å². The van der Waals surface area contributed by atoms with Crippen molar-refractivity contribution >= 4 is 34.8 Å². The molecule has 0 aromatic heterocycles. The molecule has 3 rings (SSSR count). The zero-order chi connectivity index (χ0) is 18.9. The van der Waals surface area contributed by atoms with E-state index in [1.807, 2.05) is 0 Å². The van der Waals surface area contributed by atoms with Gasteiger partial charge >= 0.3 is 6.18 Å². The van der Waals surface area contributed by atoms with Crippen LogP contribution in [0.4, 0.5) is 24.5 Å². The second-order valence-corrected chi connectivity index (χ2v) is 5.94. The van der Waals surface area contributed by atoms with Gasteiger partial charge in [0.2, 0.25) is 5.91 Å². The number of ether oxygens (including phenoxy) is 1. The molecule has 2 aromatic carbocycles. The van der Waals surface area contributed by atoms with Crippen molar-refractivity contribution in [3.05, 3.63) is 53.1 Å². The van der Waals surface area contributed by atoms with Crippen molar-refractivity contribution < 1.29 is 27.5 Å². The number of hydrogen-bond donors (Lipinski definition) is 2. The van der Waals surface area contributed by atoms with Crippen molar-refractivity contribution in [1.82, 2.24) is 0 Å². The van der Waals surface area contributed by atoms with Gasteiger partial charge in [-0.2, -0.15) is 13.2 Å². The second kappa shape index (κ2) is 6.87. The zero-order valence-corrected chi connectivity index (χ0v) is 13.8. The lowest BCUT2D eigenvalue weighted by molar-refractivity contribution is -0.137. The number of hydrogen-bond acceptors (Lipinski definition) is 3. The lowest BCUT2D eigenvalue weighted by atomic mass is 10.1. The molecule has 0 spiro atoms. The van der Waals surface area contributed by atoms with E-state index in [2.05, 4.69) is 10.6 Å². The third-order valence-corrected chi connectivity index (χ3v) is 3.96. The van der Waals surface area contributed by atoms with Crippen LogP contribution < -0.4 is 15.4 Å². The van der Waals surface area contributed by atoms with Crippen LogP contribution in [-0.2, 0) is 15.8 Å². The molecule has 0 fully saturated rings. The summed E-state index contributed by atoms with van der Waals surface area (Å²) in [5.74, 6) is -0.762. The Bertz CT molecular complexity index is 871. The molecule has 2 N–H and O–H groups in total. The molecule has 1 aliphatic rings. The third-order valence-electron chi connectivity index (χ3n) is 3.63. The van der Waals surface area contributed by atoms with Crippen molar-refractivity contribution in [1.29, 1.82) is 0 Å². The van der Waals surface area contributed by atoms with E-state index in [4.69, 9.17) is 16.3 Å². The number of amides is 2. The van der Waals surface area contributed by atoms with Gasteiger partial charge in [-0.25, -0.2) is 0 Å². The van der Waals surface area contributed by atoms with Gasteiger partial charge in [0, 0.05) is 5.69 Å². The highest BCUT2D eigenvalue weighted by atomic mass is 35.5. The predicted molar refractivity (Wildman–Crippen MR) is 89.2 cm³/mol. The molecule has 2 amide bonds. The van der Waals surface area contributed by atoms with E-state index in [0.717, 1.165) is 12.1 Å². The van der Waals surface area contributed by atoms with E-state index < -0.39 is 34.7 Å².